The average Bonchev–Trinajstić information content (AvgIpc) is 3.52. The molecule has 11 atom stereocenters. The van der Waals surface area contributed by atoms with Crippen molar-refractivity contribution in [1.29, 1.82) is 0 Å². The monoisotopic (exact) mass is 554 g/mol. The Bertz CT molecular complexity index is 986. The van der Waals surface area contributed by atoms with Crippen LogP contribution in [0.2, 0.25) is 0 Å². The molecule has 1 amide bonds. The summed E-state index contributed by atoms with van der Waals surface area (Å²) in [7, 11) is -3.84. The highest BCUT2D eigenvalue weighted by molar-refractivity contribution is 7.87. The van der Waals surface area contributed by atoms with Crippen molar-refractivity contribution in [2.24, 2.45) is 52.3 Å². The lowest BCUT2D eigenvalue weighted by Crippen LogP contribution is -2.62. The van der Waals surface area contributed by atoms with E-state index in [1.54, 1.807) is 0 Å². The van der Waals surface area contributed by atoms with E-state index in [1.165, 1.54) is 4.31 Å². The van der Waals surface area contributed by atoms with Gasteiger partial charge in [-0.05, 0) is 110 Å². The first kappa shape index (κ1) is 28.6. The van der Waals surface area contributed by atoms with Crippen molar-refractivity contribution in [3.05, 3.63) is 0 Å². The van der Waals surface area contributed by atoms with Crippen molar-refractivity contribution in [1.82, 2.24) is 9.03 Å². The Balaban J connectivity index is 1.26. The second-order valence-electron chi connectivity index (χ2n) is 13.9. The molecule has 0 bridgehead atoms. The first-order valence-electron chi connectivity index (χ1n) is 15.2. The van der Waals surface area contributed by atoms with E-state index in [9.17, 15) is 23.4 Å². The van der Waals surface area contributed by atoms with E-state index in [4.69, 9.17) is 4.74 Å². The highest BCUT2D eigenvalue weighted by Crippen LogP contribution is 2.69. The SMILES string of the molecule is CC[C@@H]1C2C[C@H](O)CC[C@]2(C)C2CC[C@]3(C)C([C@H](C)COC(=O)NS(=O)(=O)N4CCCC4)CC[C@H]3C2[C@@H]1O. The van der Waals surface area contributed by atoms with Crippen LogP contribution in [-0.4, -0.2) is 60.9 Å². The minimum absolute atomic E-state index is 0.0682. The van der Waals surface area contributed by atoms with Gasteiger partial charge in [0.05, 0.1) is 18.8 Å². The lowest BCUT2D eigenvalue weighted by Gasteiger charge is -2.64. The van der Waals surface area contributed by atoms with E-state index in [2.05, 4.69) is 32.4 Å². The maximum Gasteiger partial charge on any atom is 0.421 e. The lowest BCUT2D eigenvalue weighted by atomic mass is 9.41. The Morgan fingerprint density at radius 1 is 1.03 bits per heavy atom. The maximum atomic E-state index is 12.4. The van der Waals surface area contributed by atoms with Crippen molar-refractivity contribution in [3.8, 4) is 0 Å². The Hall–Kier alpha value is -0.900. The second-order valence-corrected chi connectivity index (χ2v) is 15.6. The number of hydrogen-bond acceptors (Lipinski definition) is 6. The van der Waals surface area contributed by atoms with Crippen LogP contribution in [0.5, 0.6) is 0 Å². The molecule has 0 radical (unpaired) electrons. The molecule has 4 aliphatic carbocycles. The molecule has 4 saturated carbocycles. The summed E-state index contributed by atoms with van der Waals surface area (Å²) in [5.41, 5.74) is 0.246. The standard InChI is InChI=1S/C29H50N2O6S/c1-5-20-24-16-19(32)10-12-29(24,4)23-11-13-28(3)21(8-9-22(28)25(23)26(20)33)18(2)17-37-27(34)30-38(35,36)31-14-6-7-15-31/h18-26,32-33H,5-17H2,1-4H3,(H,30,34)/t18-,19-,20-,21?,22+,23?,24?,25?,26-,28-,29-/m1/s1. The third-order valence-corrected chi connectivity index (χ3v) is 13.7. The number of fused-ring (bicyclic) bond motifs is 5. The number of rotatable bonds is 6. The van der Waals surface area contributed by atoms with Crippen LogP contribution in [0.3, 0.4) is 0 Å². The van der Waals surface area contributed by atoms with Gasteiger partial charge in [-0.15, -0.1) is 0 Å². The third-order valence-electron chi connectivity index (χ3n) is 12.2. The molecule has 5 aliphatic rings. The van der Waals surface area contributed by atoms with Gasteiger partial charge in [0.1, 0.15) is 0 Å². The Morgan fingerprint density at radius 3 is 2.37 bits per heavy atom. The predicted molar refractivity (Wildman–Crippen MR) is 145 cm³/mol. The number of aliphatic hydroxyl groups excluding tert-OH is 2. The largest absolute Gasteiger partial charge is 0.449 e. The highest BCUT2D eigenvalue weighted by atomic mass is 32.2. The molecule has 1 heterocycles. The van der Waals surface area contributed by atoms with Crippen LogP contribution in [0.15, 0.2) is 0 Å². The van der Waals surface area contributed by atoms with Crippen LogP contribution >= 0.6 is 0 Å². The molecule has 4 unspecified atom stereocenters. The summed E-state index contributed by atoms with van der Waals surface area (Å²) in [6, 6.07) is 0. The van der Waals surface area contributed by atoms with E-state index < -0.39 is 16.3 Å². The molecular weight excluding hydrogens is 504 g/mol. The Labute approximate surface area is 229 Å². The summed E-state index contributed by atoms with van der Waals surface area (Å²) in [6.07, 6.45) is 8.20. The van der Waals surface area contributed by atoms with Crippen LogP contribution in [0.25, 0.3) is 0 Å². The predicted octanol–water partition coefficient (Wildman–Crippen LogP) is 4.32. The number of carbonyl (C=O) groups is 1. The minimum atomic E-state index is -3.84. The fourth-order valence-electron chi connectivity index (χ4n) is 10.4. The van der Waals surface area contributed by atoms with Crippen molar-refractivity contribution < 1.29 is 28.2 Å². The smallest absolute Gasteiger partial charge is 0.421 e. The number of nitrogens with zero attached hydrogens (tertiary/aromatic N) is 1. The second kappa shape index (κ2) is 10.5. The number of aliphatic hydroxyl groups is 2. The van der Waals surface area contributed by atoms with Crippen LogP contribution < -0.4 is 4.72 Å². The highest BCUT2D eigenvalue weighted by Gasteiger charge is 2.64. The molecule has 0 aromatic heterocycles. The van der Waals surface area contributed by atoms with Crippen LogP contribution in [0.1, 0.15) is 91.9 Å². The summed E-state index contributed by atoms with van der Waals surface area (Å²) in [6.45, 7) is 10.2. The van der Waals surface area contributed by atoms with Crippen molar-refractivity contribution >= 4 is 16.3 Å². The summed E-state index contributed by atoms with van der Waals surface area (Å²) >= 11 is 0. The van der Waals surface area contributed by atoms with E-state index >= 15 is 0 Å². The number of ether oxygens (including phenoxy) is 1. The summed E-state index contributed by atoms with van der Waals surface area (Å²) in [5, 5.41) is 22.3. The van der Waals surface area contributed by atoms with Crippen LogP contribution in [0, 0.1) is 52.3 Å². The van der Waals surface area contributed by atoms with Gasteiger partial charge in [-0.1, -0.05) is 34.1 Å². The van der Waals surface area contributed by atoms with Crippen molar-refractivity contribution in [2.45, 2.75) is 104 Å². The first-order chi connectivity index (χ1) is 17.9. The molecule has 1 saturated heterocycles. The number of amides is 1. The summed E-state index contributed by atoms with van der Waals surface area (Å²) in [4.78, 5) is 12.4. The maximum absolute atomic E-state index is 12.4. The van der Waals surface area contributed by atoms with Gasteiger partial charge in [0.15, 0.2) is 0 Å². The molecule has 8 nitrogen and oxygen atoms in total. The number of hydrogen-bond donors (Lipinski definition) is 3. The zero-order valence-electron chi connectivity index (χ0n) is 23.8. The summed E-state index contributed by atoms with van der Waals surface area (Å²) < 4.78 is 33.7. The van der Waals surface area contributed by atoms with Gasteiger partial charge >= 0.3 is 16.3 Å². The van der Waals surface area contributed by atoms with Crippen molar-refractivity contribution in [2.75, 3.05) is 19.7 Å². The number of nitrogens with one attached hydrogen (secondary N) is 1. The van der Waals surface area contributed by atoms with Gasteiger partial charge < -0.3 is 14.9 Å². The lowest BCUT2D eigenvalue weighted by molar-refractivity contribution is -0.203. The Morgan fingerprint density at radius 2 is 1.68 bits per heavy atom. The van der Waals surface area contributed by atoms with Crippen molar-refractivity contribution in [3.63, 3.8) is 0 Å². The summed E-state index contributed by atoms with van der Waals surface area (Å²) in [5.74, 6) is 2.30. The molecule has 0 spiro atoms. The third kappa shape index (κ3) is 4.71. The topological polar surface area (TPSA) is 116 Å². The zero-order chi connectivity index (χ0) is 27.5. The molecule has 0 aromatic carbocycles. The molecule has 9 heteroatoms. The average molecular weight is 555 g/mol. The fourth-order valence-corrected chi connectivity index (χ4v) is 11.5. The van der Waals surface area contributed by atoms with E-state index in [0.717, 1.165) is 64.2 Å². The molecule has 5 fully saturated rings. The molecule has 218 valence electrons. The van der Waals surface area contributed by atoms with E-state index in [-0.39, 0.29) is 47.4 Å². The molecule has 1 aliphatic heterocycles. The van der Waals surface area contributed by atoms with E-state index in [0.29, 0.717) is 36.8 Å². The van der Waals surface area contributed by atoms with Gasteiger partial charge in [-0.2, -0.15) is 12.7 Å². The van der Waals surface area contributed by atoms with Gasteiger partial charge in [-0.3, -0.25) is 0 Å². The van der Waals surface area contributed by atoms with Crippen LogP contribution in [0.4, 0.5) is 4.79 Å². The Kier molecular flexibility index (Phi) is 7.90. The zero-order valence-corrected chi connectivity index (χ0v) is 24.6. The van der Waals surface area contributed by atoms with Gasteiger partial charge in [0.2, 0.25) is 0 Å². The molecule has 38 heavy (non-hydrogen) atoms. The minimum Gasteiger partial charge on any atom is -0.449 e. The van der Waals surface area contributed by atoms with Gasteiger partial charge in [0, 0.05) is 13.1 Å². The first-order valence-corrected chi connectivity index (χ1v) is 16.7. The normalized spacial score (nSPS) is 46.1. The van der Waals surface area contributed by atoms with Gasteiger partial charge in [0.25, 0.3) is 0 Å². The molecule has 5 rings (SSSR count). The molecular formula is C29H50N2O6S. The fraction of sp³-hybridized carbons (Fsp3) is 0.966. The van der Waals surface area contributed by atoms with Crippen LogP contribution in [-0.2, 0) is 14.9 Å². The van der Waals surface area contributed by atoms with Gasteiger partial charge in [-0.25, -0.2) is 9.52 Å². The quantitative estimate of drug-likeness (QED) is 0.450. The number of carbonyl (C=O) groups excluding carboxylic acids is 1. The van der Waals surface area contributed by atoms with E-state index in [1.807, 2.05) is 0 Å². The molecule has 3 N–H and O–H groups in total. The molecule has 0 aromatic rings.